The topological polar surface area (TPSA) is 83.9 Å². The van der Waals surface area contributed by atoms with Crippen molar-refractivity contribution in [2.24, 2.45) is 0 Å². The Morgan fingerprint density at radius 1 is 1.06 bits per heavy atom. The maximum atomic E-state index is 13.3. The zero-order valence-corrected chi connectivity index (χ0v) is 20.7. The van der Waals surface area contributed by atoms with Crippen LogP contribution < -0.4 is 10.2 Å². The normalized spacial score (nSPS) is 19.8. The average Bonchev–Trinajstić information content (AvgIpc) is 3.19. The fourth-order valence-electron chi connectivity index (χ4n) is 3.89. The van der Waals surface area contributed by atoms with Crippen molar-refractivity contribution in [3.63, 3.8) is 0 Å². The number of hydrogen-bond donors (Lipinski definition) is 1. The number of hydrogen-bond acceptors (Lipinski definition) is 7. The Morgan fingerprint density at radius 2 is 1.81 bits per heavy atom. The third kappa shape index (κ3) is 5.15. The highest BCUT2D eigenvalue weighted by Crippen LogP contribution is 3.02. The highest BCUT2D eigenvalue weighted by Gasteiger charge is 2.65. The van der Waals surface area contributed by atoms with Gasteiger partial charge in [-0.05, 0) is 30.2 Å². The van der Waals surface area contributed by atoms with E-state index in [2.05, 4.69) is 25.3 Å². The number of anilines is 3. The van der Waals surface area contributed by atoms with E-state index in [4.69, 9.17) is 11.6 Å². The van der Waals surface area contributed by atoms with Gasteiger partial charge in [-0.25, -0.2) is 15.0 Å². The van der Waals surface area contributed by atoms with Crippen LogP contribution in [-0.4, -0.2) is 43.0 Å². The summed E-state index contributed by atoms with van der Waals surface area (Å²) in [5, 5.41) is 3.09. The summed E-state index contributed by atoms with van der Waals surface area (Å²) in [5.41, 5.74) is 1.16. The SMILES string of the molecule is O=[S@@]1CCc2nc(N3CC=C(c4ncc(Cl)cn4)CC3)nc(Nc3cccc(S(F)(F)(F)(F)F)c3)c21. The molecule has 0 radical (unpaired) electrons. The van der Waals surface area contributed by atoms with Crippen LogP contribution in [0.5, 0.6) is 0 Å². The fraction of sp³-hybridized carbons (Fsp3) is 0.238. The Balaban J connectivity index is 1.46. The number of fused-ring (bicyclic) bond motifs is 1. The Bertz CT molecular complexity index is 1420. The third-order valence-electron chi connectivity index (χ3n) is 5.62. The van der Waals surface area contributed by atoms with E-state index in [1.165, 1.54) is 18.5 Å². The molecule has 36 heavy (non-hydrogen) atoms. The molecule has 0 unspecified atom stereocenters. The quantitative estimate of drug-likeness (QED) is 0.365. The molecule has 192 valence electrons. The first-order chi connectivity index (χ1) is 16.8. The molecule has 4 heterocycles. The summed E-state index contributed by atoms with van der Waals surface area (Å²) in [6.45, 7) is 0.904. The number of benzene rings is 1. The molecule has 0 amide bonds. The molecule has 0 saturated heterocycles. The largest absolute Gasteiger partial charge is 0.339 e. The number of rotatable bonds is 5. The molecule has 1 atom stereocenters. The van der Waals surface area contributed by atoms with Gasteiger partial charge in [0, 0.05) is 43.3 Å². The molecule has 2 aliphatic rings. The van der Waals surface area contributed by atoms with Crippen LogP contribution in [0.4, 0.5) is 36.9 Å². The van der Waals surface area contributed by atoms with E-state index in [-0.39, 0.29) is 28.1 Å². The minimum Gasteiger partial charge on any atom is -0.339 e. The molecule has 5 rings (SSSR count). The molecule has 0 saturated carbocycles. The first kappa shape index (κ1) is 24.8. The molecule has 0 fully saturated rings. The summed E-state index contributed by atoms with van der Waals surface area (Å²) in [7, 11) is -11.4. The number of halogens is 6. The van der Waals surface area contributed by atoms with Crippen molar-refractivity contribution in [1.82, 2.24) is 19.9 Å². The van der Waals surface area contributed by atoms with Crippen molar-refractivity contribution in [1.29, 1.82) is 0 Å². The van der Waals surface area contributed by atoms with Crippen molar-refractivity contribution >= 4 is 55.7 Å². The van der Waals surface area contributed by atoms with Crippen molar-refractivity contribution in [2.45, 2.75) is 22.6 Å². The molecule has 2 aromatic heterocycles. The van der Waals surface area contributed by atoms with E-state index in [0.29, 0.717) is 54.6 Å². The van der Waals surface area contributed by atoms with E-state index in [0.717, 1.165) is 11.6 Å². The molecule has 0 aliphatic carbocycles. The maximum absolute atomic E-state index is 13.3. The van der Waals surface area contributed by atoms with E-state index >= 15 is 0 Å². The zero-order valence-electron chi connectivity index (χ0n) is 18.3. The molecule has 15 heteroatoms. The van der Waals surface area contributed by atoms with Crippen LogP contribution in [0.2, 0.25) is 5.02 Å². The molecule has 0 spiro atoms. The fourth-order valence-corrected chi connectivity index (χ4v) is 5.98. The smallest absolute Gasteiger partial charge is 0.310 e. The predicted octanol–water partition coefficient (Wildman–Crippen LogP) is 6.28. The first-order valence-electron chi connectivity index (χ1n) is 10.6. The lowest BCUT2D eigenvalue weighted by atomic mass is 10.1. The molecular formula is C21H18ClF5N6OS2. The second-order valence-electron chi connectivity index (χ2n) is 8.22. The number of aryl methyl sites for hydroxylation is 1. The minimum absolute atomic E-state index is 0.0287. The number of nitrogens with one attached hydrogen (secondary N) is 1. The van der Waals surface area contributed by atoms with Crippen LogP contribution in [0.25, 0.3) is 5.57 Å². The molecular weight excluding hydrogens is 547 g/mol. The van der Waals surface area contributed by atoms with Gasteiger partial charge in [-0.2, -0.15) is 4.98 Å². The lowest BCUT2D eigenvalue weighted by molar-refractivity contribution is 0.364. The standard InChI is InChI=1S/C21H18ClF5N6OS2/c22-14-11-28-19(29-12-14)13-4-7-33(8-5-13)21-31-17-6-9-35(34)18(17)20(32-21)30-15-2-1-3-16(10-15)36(23,24,25,26)27/h1-4,10-12H,5-9H2,(H,30,31,32)/t35-/m1/s1. The third-order valence-corrected chi connectivity index (χ3v) is 8.42. The molecule has 3 aromatic rings. The maximum Gasteiger partial charge on any atom is 0.310 e. The highest BCUT2D eigenvalue weighted by atomic mass is 35.5. The zero-order chi connectivity index (χ0) is 25.8. The molecule has 7 nitrogen and oxygen atoms in total. The van der Waals surface area contributed by atoms with E-state index in [1.54, 1.807) is 0 Å². The van der Waals surface area contributed by atoms with Gasteiger partial charge in [-0.15, -0.1) is 0 Å². The summed E-state index contributed by atoms with van der Waals surface area (Å²) in [5.74, 6) is 1.15. The second-order valence-corrected chi connectivity index (χ2v) is 12.6. The Hall–Kier alpha value is -2.84. The van der Waals surface area contributed by atoms with Crippen LogP contribution in [0.1, 0.15) is 17.9 Å². The second kappa shape index (κ2) is 8.08. The van der Waals surface area contributed by atoms with Crippen LogP contribution in [-0.2, 0) is 17.2 Å². The van der Waals surface area contributed by atoms with Gasteiger partial charge in [0.2, 0.25) is 5.95 Å². The van der Waals surface area contributed by atoms with E-state index < -0.39 is 25.9 Å². The predicted molar refractivity (Wildman–Crippen MR) is 130 cm³/mol. The lowest BCUT2D eigenvalue weighted by Crippen LogP contribution is -2.30. The summed E-state index contributed by atoms with van der Waals surface area (Å²) in [6.07, 6.45) is 5.88. The number of nitrogens with zero attached hydrogens (tertiary/aromatic N) is 5. The summed E-state index contributed by atoms with van der Waals surface area (Å²) in [4.78, 5) is 17.5. The Morgan fingerprint density at radius 3 is 2.47 bits per heavy atom. The first-order valence-corrected chi connectivity index (χ1v) is 14.2. The molecule has 1 aromatic carbocycles. The average molecular weight is 565 g/mol. The van der Waals surface area contributed by atoms with Crippen molar-refractivity contribution in [3.8, 4) is 0 Å². The monoisotopic (exact) mass is 564 g/mol. The van der Waals surface area contributed by atoms with Gasteiger partial charge in [-0.1, -0.05) is 43.2 Å². The molecule has 2 aliphatic heterocycles. The van der Waals surface area contributed by atoms with Gasteiger partial charge in [0.1, 0.15) is 9.79 Å². The van der Waals surface area contributed by atoms with Crippen LogP contribution in [0.3, 0.4) is 0 Å². The van der Waals surface area contributed by atoms with Crippen molar-refractivity contribution < 1.29 is 23.6 Å². The summed E-state index contributed by atoms with van der Waals surface area (Å²) < 4.78 is 79.1. The van der Waals surface area contributed by atoms with Gasteiger partial charge in [-0.3, -0.25) is 4.21 Å². The van der Waals surface area contributed by atoms with Gasteiger partial charge in [0.25, 0.3) is 0 Å². The minimum atomic E-state index is -9.87. The molecule has 1 N–H and O–H groups in total. The van der Waals surface area contributed by atoms with Crippen molar-refractivity contribution in [2.75, 3.05) is 29.1 Å². The van der Waals surface area contributed by atoms with Crippen LogP contribution >= 0.6 is 21.8 Å². The highest BCUT2D eigenvalue weighted by molar-refractivity contribution is 8.45. The van der Waals surface area contributed by atoms with Gasteiger partial charge in [0.05, 0.1) is 21.5 Å². The van der Waals surface area contributed by atoms with Gasteiger partial charge in [0.15, 0.2) is 11.6 Å². The van der Waals surface area contributed by atoms with E-state index in [9.17, 15) is 23.6 Å². The van der Waals surface area contributed by atoms with E-state index in [1.807, 2.05) is 11.0 Å². The Labute approximate surface area is 210 Å². The summed E-state index contributed by atoms with van der Waals surface area (Å²) >= 11 is 5.84. The van der Waals surface area contributed by atoms with Crippen LogP contribution in [0.15, 0.2) is 52.5 Å². The Kier molecular flexibility index (Phi) is 5.58. The summed E-state index contributed by atoms with van der Waals surface area (Å²) in [6, 6.07) is 2.74. The lowest BCUT2D eigenvalue weighted by Gasteiger charge is -2.40. The van der Waals surface area contributed by atoms with Gasteiger partial charge >= 0.3 is 10.2 Å². The van der Waals surface area contributed by atoms with Crippen molar-refractivity contribution in [3.05, 3.63) is 59.3 Å². The number of aromatic nitrogens is 4. The van der Waals surface area contributed by atoms with Crippen LogP contribution in [0, 0.1) is 0 Å². The molecule has 0 bridgehead atoms. The van der Waals surface area contributed by atoms with Gasteiger partial charge < -0.3 is 10.2 Å².